The number of ether oxygens (including phenoxy) is 1. The molecule has 0 saturated carbocycles. The Bertz CT molecular complexity index is 1160. The first-order chi connectivity index (χ1) is 16.6. The van der Waals surface area contributed by atoms with Gasteiger partial charge in [-0.05, 0) is 48.5 Å². The topological polar surface area (TPSA) is 99.8 Å². The number of benzene rings is 3. The monoisotopic (exact) mass is 458 g/mol. The molecule has 0 bridgehead atoms. The molecule has 3 aromatic rings. The maximum absolute atomic E-state index is 12.7. The first-order valence-corrected chi connectivity index (χ1v) is 11.1. The lowest BCUT2D eigenvalue weighted by Crippen LogP contribution is -2.40. The molecule has 1 aliphatic rings. The van der Waals surface area contributed by atoms with Crippen molar-refractivity contribution < 1.29 is 19.1 Å². The molecular weight excluding hydrogens is 432 g/mol. The van der Waals surface area contributed by atoms with Gasteiger partial charge in [0.25, 0.3) is 11.8 Å². The van der Waals surface area contributed by atoms with Gasteiger partial charge in [0.2, 0.25) is 5.91 Å². The average Bonchev–Trinajstić information content (AvgIpc) is 2.88. The SMILES string of the molecule is O=C(CNc1cccc(C(=O)N2CCOCC2)c1)Nc1cccc(NC(=O)c2ccccc2)c1. The Morgan fingerprint density at radius 1 is 0.735 bits per heavy atom. The number of rotatable bonds is 7. The summed E-state index contributed by atoms with van der Waals surface area (Å²) in [7, 11) is 0. The molecule has 3 amide bonds. The van der Waals surface area contributed by atoms with Gasteiger partial charge in [-0.2, -0.15) is 0 Å². The van der Waals surface area contributed by atoms with Crippen molar-refractivity contribution in [1.82, 2.24) is 4.90 Å². The smallest absolute Gasteiger partial charge is 0.255 e. The lowest BCUT2D eigenvalue weighted by Gasteiger charge is -2.27. The second-order valence-electron chi connectivity index (χ2n) is 7.79. The molecule has 1 saturated heterocycles. The number of hydrogen-bond acceptors (Lipinski definition) is 5. The minimum atomic E-state index is -0.253. The Morgan fingerprint density at radius 3 is 2.15 bits per heavy atom. The van der Waals surface area contributed by atoms with E-state index in [0.29, 0.717) is 54.5 Å². The van der Waals surface area contributed by atoms with Crippen LogP contribution < -0.4 is 16.0 Å². The maximum atomic E-state index is 12.7. The molecule has 1 fully saturated rings. The highest BCUT2D eigenvalue weighted by molar-refractivity contribution is 6.04. The number of morpholine rings is 1. The van der Waals surface area contributed by atoms with Crippen LogP contribution in [-0.2, 0) is 9.53 Å². The van der Waals surface area contributed by atoms with Crippen molar-refractivity contribution in [2.45, 2.75) is 0 Å². The number of hydrogen-bond donors (Lipinski definition) is 3. The first-order valence-electron chi connectivity index (χ1n) is 11.1. The molecule has 3 aromatic carbocycles. The molecule has 4 rings (SSSR count). The zero-order chi connectivity index (χ0) is 23.8. The van der Waals surface area contributed by atoms with E-state index in [1.165, 1.54) is 0 Å². The fourth-order valence-electron chi connectivity index (χ4n) is 3.57. The minimum Gasteiger partial charge on any atom is -0.378 e. The van der Waals surface area contributed by atoms with Crippen LogP contribution in [0.2, 0.25) is 0 Å². The Kier molecular flexibility index (Phi) is 7.52. The largest absolute Gasteiger partial charge is 0.378 e. The predicted molar refractivity (Wildman–Crippen MR) is 131 cm³/mol. The zero-order valence-electron chi connectivity index (χ0n) is 18.6. The zero-order valence-corrected chi connectivity index (χ0v) is 18.6. The van der Waals surface area contributed by atoms with Gasteiger partial charge in [0, 0.05) is 41.3 Å². The average molecular weight is 459 g/mol. The van der Waals surface area contributed by atoms with E-state index in [1.807, 2.05) is 12.1 Å². The van der Waals surface area contributed by atoms with E-state index in [-0.39, 0.29) is 24.3 Å². The molecule has 8 heteroatoms. The van der Waals surface area contributed by atoms with Crippen LogP contribution in [0.3, 0.4) is 0 Å². The third-order valence-electron chi connectivity index (χ3n) is 5.30. The maximum Gasteiger partial charge on any atom is 0.255 e. The van der Waals surface area contributed by atoms with Crippen molar-refractivity contribution in [2.75, 3.05) is 48.8 Å². The van der Waals surface area contributed by atoms with Crippen molar-refractivity contribution in [3.05, 3.63) is 90.0 Å². The van der Waals surface area contributed by atoms with Gasteiger partial charge in [0.15, 0.2) is 0 Å². The summed E-state index contributed by atoms with van der Waals surface area (Å²) in [5.41, 5.74) is 2.94. The van der Waals surface area contributed by atoms with Crippen LogP contribution in [0.15, 0.2) is 78.9 Å². The molecule has 3 N–H and O–H groups in total. The number of nitrogens with one attached hydrogen (secondary N) is 3. The molecule has 0 unspecified atom stereocenters. The lowest BCUT2D eigenvalue weighted by atomic mass is 10.1. The quantitative estimate of drug-likeness (QED) is 0.504. The van der Waals surface area contributed by atoms with Crippen molar-refractivity contribution >= 4 is 34.8 Å². The minimum absolute atomic E-state index is 0.0236. The number of carbonyl (C=O) groups is 3. The summed E-state index contributed by atoms with van der Waals surface area (Å²) in [5, 5.41) is 8.69. The van der Waals surface area contributed by atoms with Crippen molar-refractivity contribution in [2.24, 2.45) is 0 Å². The van der Waals surface area contributed by atoms with Crippen molar-refractivity contribution in [3.8, 4) is 0 Å². The third-order valence-corrected chi connectivity index (χ3v) is 5.30. The highest BCUT2D eigenvalue weighted by atomic mass is 16.5. The molecule has 0 radical (unpaired) electrons. The van der Waals surface area contributed by atoms with Crippen molar-refractivity contribution in [1.29, 1.82) is 0 Å². The molecule has 0 spiro atoms. The summed E-state index contributed by atoms with van der Waals surface area (Å²) in [5.74, 6) is -0.528. The summed E-state index contributed by atoms with van der Waals surface area (Å²) in [6.45, 7) is 2.26. The third kappa shape index (κ3) is 6.20. The van der Waals surface area contributed by atoms with Crippen LogP contribution in [0.5, 0.6) is 0 Å². The van der Waals surface area contributed by atoms with E-state index in [1.54, 1.807) is 71.6 Å². The van der Waals surface area contributed by atoms with Gasteiger partial charge < -0.3 is 25.6 Å². The molecule has 34 heavy (non-hydrogen) atoms. The van der Waals surface area contributed by atoms with Crippen LogP contribution in [0.25, 0.3) is 0 Å². The molecule has 0 aliphatic carbocycles. The summed E-state index contributed by atoms with van der Waals surface area (Å²) >= 11 is 0. The van der Waals surface area contributed by atoms with E-state index >= 15 is 0 Å². The molecule has 1 heterocycles. The molecule has 0 atom stereocenters. The number of carbonyl (C=O) groups excluding carboxylic acids is 3. The standard InChI is InChI=1S/C26H26N4O4/c31-24(18-27-21-9-4-8-20(16-21)26(33)30-12-14-34-15-13-30)28-22-10-5-11-23(17-22)29-25(32)19-6-2-1-3-7-19/h1-11,16-17,27H,12-15,18H2,(H,28,31)(H,29,32). The van der Waals surface area contributed by atoms with E-state index < -0.39 is 0 Å². The highest BCUT2D eigenvalue weighted by Crippen LogP contribution is 2.17. The van der Waals surface area contributed by atoms with Gasteiger partial charge in [-0.25, -0.2) is 0 Å². The second-order valence-corrected chi connectivity index (χ2v) is 7.79. The van der Waals surface area contributed by atoms with E-state index in [2.05, 4.69) is 16.0 Å². The first kappa shape index (κ1) is 23.0. The second kappa shape index (κ2) is 11.1. The van der Waals surface area contributed by atoms with Gasteiger partial charge >= 0.3 is 0 Å². The van der Waals surface area contributed by atoms with Gasteiger partial charge in [-0.3, -0.25) is 14.4 Å². The lowest BCUT2D eigenvalue weighted by molar-refractivity contribution is -0.114. The van der Waals surface area contributed by atoms with E-state index in [4.69, 9.17) is 4.74 Å². The Morgan fingerprint density at radius 2 is 1.38 bits per heavy atom. The summed E-state index contributed by atoms with van der Waals surface area (Å²) < 4.78 is 5.30. The fourth-order valence-corrected chi connectivity index (χ4v) is 3.57. The van der Waals surface area contributed by atoms with Gasteiger partial charge in [0.1, 0.15) is 0 Å². The van der Waals surface area contributed by atoms with Crippen LogP contribution in [0.1, 0.15) is 20.7 Å². The number of nitrogens with zero attached hydrogens (tertiary/aromatic N) is 1. The van der Waals surface area contributed by atoms with Crippen LogP contribution in [-0.4, -0.2) is 55.5 Å². The molecule has 8 nitrogen and oxygen atoms in total. The van der Waals surface area contributed by atoms with E-state index in [0.717, 1.165) is 0 Å². The normalized spacial score (nSPS) is 13.1. The predicted octanol–water partition coefficient (Wildman–Crippen LogP) is 3.46. The van der Waals surface area contributed by atoms with E-state index in [9.17, 15) is 14.4 Å². The van der Waals surface area contributed by atoms with Crippen LogP contribution >= 0.6 is 0 Å². The van der Waals surface area contributed by atoms with Crippen molar-refractivity contribution in [3.63, 3.8) is 0 Å². The van der Waals surface area contributed by atoms with Crippen LogP contribution in [0.4, 0.5) is 17.1 Å². The summed E-state index contributed by atoms with van der Waals surface area (Å²) in [6.07, 6.45) is 0. The molecule has 174 valence electrons. The molecular formula is C26H26N4O4. The Balaban J connectivity index is 1.31. The number of anilines is 3. The van der Waals surface area contributed by atoms with Gasteiger partial charge in [-0.15, -0.1) is 0 Å². The fraction of sp³-hybridized carbons (Fsp3) is 0.192. The molecule has 0 aromatic heterocycles. The highest BCUT2D eigenvalue weighted by Gasteiger charge is 2.18. The molecule has 1 aliphatic heterocycles. The number of amides is 3. The van der Waals surface area contributed by atoms with Gasteiger partial charge in [-0.1, -0.05) is 30.3 Å². The Hall–Kier alpha value is -4.17. The summed E-state index contributed by atoms with van der Waals surface area (Å²) in [6, 6.07) is 23.0. The Labute approximate surface area is 197 Å². The van der Waals surface area contributed by atoms with Crippen LogP contribution in [0, 0.1) is 0 Å². The summed E-state index contributed by atoms with van der Waals surface area (Å²) in [4.78, 5) is 39.2. The van der Waals surface area contributed by atoms with Gasteiger partial charge in [0.05, 0.1) is 19.8 Å².